The van der Waals surface area contributed by atoms with Gasteiger partial charge in [0.05, 0.1) is 17.2 Å². The van der Waals surface area contributed by atoms with Crippen LogP contribution in [0.1, 0.15) is 0 Å². The van der Waals surface area contributed by atoms with Gasteiger partial charge in [0, 0.05) is 42.8 Å². The van der Waals surface area contributed by atoms with Crippen LogP contribution in [-0.2, 0) is 0 Å². The molecule has 0 unspecified atom stereocenters. The molecular formula is C41H26N2S. The predicted molar refractivity (Wildman–Crippen MR) is 188 cm³/mol. The minimum absolute atomic E-state index is 1.11. The van der Waals surface area contributed by atoms with E-state index >= 15 is 0 Å². The topological polar surface area (TPSA) is 17.8 Å². The van der Waals surface area contributed by atoms with Gasteiger partial charge >= 0.3 is 0 Å². The Balaban J connectivity index is 1.10. The third kappa shape index (κ3) is 4.05. The molecule has 2 nitrogen and oxygen atoms in total. The van der Waals surface area contributed by atoms with Crippen molar-refractivity contribution in [3.05, 3.63) is 158 Å². The van der Waals surface area contributed by atoms with Gasteiger partial charge < -0.3 is 4.57 Å². The highest BCUT2D eigenvalue weighted by Gasteiger charge is 2.14. The zero-order chi connectivity index (χ0) is 29.0. The molecule has 0 spiro atoms. The van der Waals surface area contributed by atoms with E-state index in [9.17, 15) is 0 Å². The first-order chi connectivity index (χ1) is 21.8. The van der Waals surface area contributed by atoms with Crippen LogP contribution in [0, 0.1) is 0 Å². The maximum Gasteiger partial charge on any atom is 0.0724 e. The van der Waals surface area contributed by atoms with Gasteiger partial charge in [-0.05, 0) is 81.9 Å². The molecule has 0 saturated heterocycles. The van der Waals surface area contributed by atoms with E-state index < -0.39 is 0 Å². The average Bonchev–Trinajstić information content (AvgIpc) is 3.64. The normalized spacial score (nSPS) is 11.6. The second kappa shape index (κ2) is 10.0. The van der Waals surface area contributed by atoms with Gasteiger partial charge in [0.15, 0.2) is 0 Å². The third-order valence-electron chi connectivity index (χ3n) is 8.73. The van der Waals surface area contributed by atoms with Crippen LogP contribution in [0.2, 0.25) is 0 Å². The molecule has 3 aromatic heterocycles. The summed E-state index contributed by atoms with van der Waals surface area (Å²) in [6, 6.07) is 52.8. The fraction of sp³-hybridized carbons (Fsp3) is 0. The first kappa shape index (κ1) is 25.0. The Morgan fingerprint density at radius 1 is 0.409 bits per heavy atom. The Morgan fingerprint density at radius 2 is 1.00 bits per heavy atom. The molecule has 206 valence electrons. The number of fused-ring (bicyclic) bond motifs is 6. The second-order valence-electron chi connectivity index (χ2n) is 11.3. The fourth-order valence-corrected chi connectivity index (χ4v) is 7.61. The predicted octanol–water partition coefficient (Wildman–Crippen LogP) is 11.5. The number of hydrogen-bond acceptors (Lipinski definition) is 2. The Bertz CT molecular complexity index is 2470. The Morgan fingerprint density at radius 3 is 1.80 bits per heavy atom. The first-order valence-corrected chi connectivity index (χ1v) is 15.7. The Hall–Kier alpha value is -5.51. The number of hydrogen-bond donors (Lipinski definition) is 0. The van der Waals surface area contributed by atoms with E-state index in [1.807, 2.05) is 23.7 Å². The molecule has 0 aliphatic heterocycles. The molecule has 0 radical (unpaired) electrons. The van der Waals surface area contributed by atoms with Crippen molar-refractivity contribution in [3.63, 3.8) is 0 Å². The van der Waals surface area contributed by atoms with Gasteiger partial charge in [-0.3, -0.25) is 4.98 Å². The molecule has 3 heteroatoms. The zero-order valence-corrected chi connectivity index (χ0v) is 24.6. The molecule has 6 aromatic carbocycles. The SMILES string of the molecule is c1ccc(-c2ccc(-n3c4ccc(-c5ccc(-c6ccc7sc8ccccc8c7c6)cc5)cc4c4ccncc43)cc2)cc1. The minimum atomic E-state index is 1.11. The van der Waals surface area contributed by atoms with Crippen molar-refractivity contribution >= 4 is 53.3 Å². The lowest BCUT2D eigenvalue weighted by molar-refractivity contribution is 1.17. The highest BCUT2D eigenvalue weighted by molar-refractivity contribution is 7.25. The lowest BCUT2D eigenvalue weighted by Gasteiger charge is -2.10. The number of rotatable bonds is 4. The molecule has 0 aliphatic rings. The van der Waals surface area contributed by atoms with Crippen molar-refractivity contribution in [2.24, 2.45) is 0 Å². The summed E-state index contributed by atoms with van der Waals surface area (Å²) in [4.78, 5) is 4.49. The second-order valence-corrected chi connectivity index (χ2v) is 12.3. The summed E-state index contributed by atoms with van der Waals surface area (Å²) < 4.78 is 5.00. The van der Waals surface area contributed by atoms with Crippen LogP contribution in [-0.4, -0.2) is 9.55 Å². The molecule has 44 heavy (non-hydrogen) atoms. The van der Waals surface area contributed by atoms with Gasteiger partial charge in [0.2, 0.25) is 0 Å². The number of aromatic nitrogens is 2. The maximum absolute atomic E-state index is 4.49. The van der Waals surface area contributed by atoms with Crippen LogP contribution in [0.25, 0.3) is 81.0 Å². The third-order valence-corrected chi connectivity index (χ3v) is 9.88. The minimum Gasteiger partial charge on any atom is -0.308 e. The van der Waals surface area contributed by atoms with Gasteiger partial charge in [-0.2, -0.15) is 0 Å². The van der Waals surface area contributed by atoms with E-state index in [1.54, 1.807) is 0 Å². The van der Waals surface area contributed by atoms with Crippen LogP contribution >= 0.6 is 11.3 Å². The summed E-state index contributed by atoms with van der Waals surface area (Å²) in [6.45, 7) is 0. The summed E-state index contributed by atoms with van der Waals surface area (Å²) in [7, 11) is 0. The Kier molecular flexibility index (Phi) is 5.71. The van der Waals surface area contributed by atoms with E-state index in [-0.39, 0.29) is 0 Å². The zero-order valence-electron chi connectivity index (χ0n) is 23.8. The molecule has 0 bridgehead atoms. The largest absolute Gasteiger partial charge is 0.308 e. The molecule has 0 fully saturated rings. The lowest BCUT2D eigenvalue weighted by Crippen LogP contribution is -1.94. The van der Waals surface area contributed by atoms with Crippen molar-refractivity contribution in [2.45, 2.75) is 0 Å². The van der Waals surface area contributed by atoms with E-state index in [2.05, 4.69) is 155 Å². The van der Waals surface area contributed by atoms with Gasteiger partial charge in [-0.25, -0.2) is 0 Å². The van der Waals surface area contributed by atoms with Crippen LogP contribution in [0.3, 0.4) is 0 Å². The highest BCUT2D eigenvalue weighted by Crippen LogP contribution is 2.38. The first-order valence-electron chi connectivity index (χ1n) is 14.9. The molecule has 0 atom stereocenters. The number of thiophene rings is 1. The van der Waals surface area contributed by atoms with Crippen molar-refractivity contribution in [1.82, 2.24) is 9.55 Å². The number of benzene rings is 6. The summed E-state index contributed by atoms with van der Waals surface area (Å²) in [5.74, 6) is 0. The monoisotopic (exact) mass is 578 g/mol. The van der Waals surface area contributed by atoms with Crippen molar-refractivity contribution in [1.29, 1.82) is 0 Å². The van der Waals surface area contributed by atoms with Crippen LogP contribution in [0.15, 0.2) is 158 Å². The molecule has 0 saturated carbocycles. The summed E-state index contributed by atoms with van der Waals surface area (Å²) >= 11 is 1.86. The smallest absolute Gasteiger partial charge is 0.0724 e. The van der Waals surface area contributed by atoms with Crippen LogP contribution < -0.4 is 0 Å². The standard InChI is InChI=1S/C41H26N2S/c1-2-6-27(7-3-1)28-14-18-33(19-15-28)43-38-20-16-31(24-36(38)34-22-23-42-26-39(34)43)29-10-12-30(13-11-29)32-17-21-41-37(25-32)35-8-4-5-9-40(35)44-41/h1-26H. The van der Waals surface area contributed by atoms with E-state index in [4.69, 9.17) is 0 Å². The van der Waals surface area contributed by atoms with E-state index in [1.165, 1.54) is 69.8 Å². The van der Waals surface area contributed by atoms with Crippen molar-refractivity contribution in [2.75, 3.05) is 0 Å². The number of pyridine rings is 1. The molecule has 3 heterocycles. The summed E-state index contributed by atoms with van der Waals surface area (Å²) in [5, 5.41) is 5.10. The fourth-order valence-electron chi connectivity index (χ4n) is 6.52. The molecule has 9 aromatic rings. The molecule has 0 aliphatic carbocycles. The summed E-state index contributed by atoms with van der Waals surface area (Å²) in [6.07, 6.45) is 3.86. The molecule has 9 rings (SSSR count). The van der Waals surface area contributed by atoms with E-state index in [0.717, 1.165) is 11.2 Å². The van der Waals surface area contributed by atoms with Crippen molar-refractivity contribution in [3.8, 4) is 39.1 Å². The van der Waals surface area contributed by atoms with Gasteiger partial charge in [-0.15, -0.1) is 11.3 Å². The molecule has 0 amide bonds. The van der Waals surface area contributed by atoms with Crippen LogP contribution in [0.5, 0.6) is 0 Å². The quantitative estimate of drug-likeness (QED) is 0.203. The molecule has 0 N–H and O–H groups in total. The van der Waals surface area contributed by atoms with Crippen LogP contribution in [0.4, 0.5) is 0 Å². The Labute approximate surface area is 259 Å². The lowest BCUT2D eigenvalue weighted by atomic mass is 9.98. The van der Waals surface area contributed by atoms with Crippen molar-refractivity contribution < 1.29 is 0 Å². The highest BCUT2D eigenvalue weighted by atomic mass is 32.1. The maximum atomic E-state index is 4.49. The van der Waals surface area contributed by atoms with E-state index in [0.29, 0.717) is 0 Å². The summed E-state index contributed by atoms with van der Waals surface area (Å²) in [5.41, 5.74) is 10.7. The molecular weight excluding hydrogens is 553 g/mol. The van der Waals surface area contributed by atoms with Gasteiger partial charge in [0.1, 0.15) is 0 Å². The van der Waals surface area contributed by atoms with Gasteiger partial charge in [-0.1, -0.05) is 97.1 Å². The number of nitrogens with zero attached hydrogens (tertiary/aromatic N) is 2. The average molecular weight is 579 g/mol. The van der Waals surface area contributed by atoms with Gasteiger partial charge in [0.25, 0.3) is 0 Å².